The van der Waals surface area contributed by atoms with Crippen molar-refractivity contribution in [3.63, 3.8) is 0 Å². The fourth-order valence-electron chi connectivity index (χ4n) is 3.33. The summed E-state index contributed by atoms with van der Waals surface area (Å²) in [5, 5.41) is 10.1. The van der Waals surface area contributed by atoms with Crippen LogP contribution in [0, 0.1) is 6.92 Å². The molecule has 1 aliphatic rings. The van der Waals surface area contributed by atoms with Crippen molar-refractivity contribution < 1.29 is 9.90 Å². The molecule has 26 heavy (non-hydrogen) atoms. The first-order valence-corrected chi connectivity index (χ1v) is 8.59. The zero-order valence-corrected chi connectivity index (χ0v) is 14.7. The van der Waals surface area contributed by atoms with Crippen LogP contribution in [0.25, 0.3) is 22.0 Å². The Hall–Kier alpha value is -2.86. The first-order chi connectivity index (χ1) is 12.4. The average molecular weight is 370 g/mol. The number of carboxylic acid groups (broad SMARTS) is 1. The molecule has 7 heteroatoms. The fraction of sp³-hybridized carbons (Fsp3) is 0.211. The van der Waals surface area contributed by atoms with Crippen molar-refractivity contribution in [1.29, 1.82) is 0 Å². The zero-order valence-electron chi connectivity index (χ0n) is 14.0. The number of benzene rings is 1. The van der Waals surface area contributed by atoms with Crippen LogP contribution >= 0.6 is 11.6 Å². The molecule has 0 unspecified atom stereocenters. The summed E-state index contributed by atoms with van der Waals surface area (Å²) in [7, 11) is 0. The van der Waals surface area contributed by atoms with E-state index in [-0.39, 0.29) is 17.4 Å². The van der Waals surface area contributed by atoms with E-state index in [0.29, 0.717) is 10.4 Å². The lowest BCUT2D eigenvalue weighted by atomic mass is 9.97. The van der Waals surface area contributed by atoms with Crippen LogP contribution < -0.4 is 11.2 Å². The van der Waals surface area contributed by atoms with Crippen molar-refractivity contribution in [2.24, 2.45) is 0 Å². The third kappa shape index (κ3) is 2.54. The second-order valence-corrected chi connectivity index (χ2v) is 6.95. The second kappa shape index (κ2) is 5.85. The molecule has 4 rings (SSSR count). The lowest BCUT2D eigenvalue weighted by Gasteiger charge is -2.16. The quantitative estimate of drug-likeness (QED) is 0.734. The number of aryl methyl sites for hydroxylation is 1. The van der Waals surface area contributed by atoms with Crippen molar-refractivity contribution in [2.45, 2.75) is 25.8 Å². The number of nitrogen functional groups attached to an aromatic ring is 1. The Morgan fingerprint density at radius 2 is 2.12 bits per heavy atom. The molecule has 1 fully saturated rings. The van der Waals surface area contributed by atoms with Crippen LogP contribution in [-0.4, -0.2) is 20.6 Å². The molecule has 132 valence electrons. The number of fused-ring (bicyclic) bond motifs is 1. The molecule has 3 aromatic rings. The molecule has 0 saturated heterocycles. The van der Waals surface area contributed by atoms with Crippen molar-refractivity contribution in [3.05, 3.63) is 57.0 Å². The summed E-state index contributed by atoms with van der Waals surface area (Å²) in [6.45, 7) is 1.92. The monoisotopic (exact) mass is 369 g/mol. The molecule has 0 bridgehead atoms. The number of nitrogens with zero attached hydrogens (tertiary/aromatic N) is 2. The highest BCUT2D eigenvalue weighted by atomic mass is 35.5. The topological polar surface area (TPSA) is 98.2 Å². The normalized spacial score (nSPS) is 13.9. The van der Waals surface area contributed by atoms with E-state index < -0.39 is 11.4 Å². The molecule has 2 aromatic heterocycles. The highest BCUT2D eigenvalue weighted by molar-refractivity contribution is 6.33. The maximum Gasteiger partial charge on any atom is 0.341 e. The van der Waals surface area contributed by atoms with Crippen molar-refractivity contribution in [2.75, 3.05) is 5.73 Å². The van der Waals surface area contributed by atoms with Crippen molar-refractivity contribution >= 4 is 34.3 Å². The Bertz CT molecular complexity index is 1130. The van der Waals surface area contributed by atoms with Gasteiger partial charge in [0.25, 0.3) is 0 Å². The van der Waals surface area contributed by atoms with E-state index in [9.17, 15) is 14.7 Å². The zero-order chi connectivity index (χ0) is 18.6. The van der Waals surface area contributed by atoms with E-state index >= 15 is 0 Å². The Balaban J connectivity index is 2.05. The van der Waals surface area contributed by atoms with Crippen molar-refractivity contribution in [1.82, 2.24) is 9.55 Å². The molecule has 6 nitrogen and oxygen atoms in total. The van der Waals surface area contributed by atoms with Gasteiger partial charge in [-0.25, -0.2) is 9.78 Å². The minimum atomic E-state index is -1.21. The summed E-state index contributed by atoms with van der Waals surface area (Å²) >= 11 is 6.10. The molecule has 0 atom stereocenters. The second-order valence-electron chi connectivity index (χ2n) is 6.54. The van der Waals surface area contributed by atoms with E-state index in [2.05, 4.69) is 4.98 Å². The van der Waals surface area contributed by atoms with E-state index in [0.717, 1.165) is 35.0 Å². The van der Waals surface area contributed by atoms with Gasteiger partial charge in [0.15, 0.2) is 0 Å². The van der Waals surface area contributed by atoms with Gasteiger partial charge in [0.2, 0.25) is 5.43 Å². The Labute approximate surface area is 153 Å². The van der Waals surface area contributed by atoms with Gasteiger partial charge in [-0.15, -0.1) is 0 Å². The Morgan fingerprint density at radius 1 is 1.38 bits per heavy atom. The summed E-state index contributed by atoms with van der Waals surface area (Å²) in [4.78, 5) is 28.2. The molecule has 0 amide bonds. The van der Waals surface area contributed by atoms with E-state index in [1.807, 2.05) is 11.5 Å². The number of anilines is 1. The molecule has 0 spiro atoms. The summed E-state index contributed by atoms with van der Waals surface area (Å²) in [5.41, 5.74) is 8.33. The fourth-order valence-corrected chi connectivity index (χ4v) is 3.49. The number of nitrogens with two attached hydrogens (primary N) is 1. The number of aromatic carboxylic acids is 1. The predicted molar refractivity (Wildman–Crippen MR) is 101 cm³/mol. The molecule has 0 radical (unpaired) electrons. The van der Waals surface area contributed by atoms with Gasteiger partial charge in [0, 0.05) is 29.4 Å². The van der Waals surface area contributed by atoms with Crippen LogP contribution in [0.4, 0.5) is 5.82 Å². The predicted octanol–water partition coefficient (Wildman–Crippen LogP) is 3.64. The Kier molecular flexibility index (Phi) is 3.73. The molecule has 1 aromatic carbocycles. The number of pyridine rings is 2. The maximum absolute atomic E-state index is 12.6. The number of hydrogen-bond acceptors (Lipinski definition) is 4. The number of rotatable bonds is 3. The van der Waals surface area contributed by atoms with E-state index in [4.69, 9.17) is 17.3 Å². The van der Waals surface area contributed by atoms with Crippen LogP contribution in [0.15, 0.2) is 35.4 Å². The number of halogens is 1. The van der Waals surface area contributed by atoms with E-state index in [1.54, 1.807) is 24.4 Å². The first-order valence-electron chi connectivity index (χ1n) is 8.21. The number of carbonyl (C=O) groups is 1. The molecule has 2 heterocycles. The third-order valence-electron chi connectivity index (χ3n) is 4.80. The van der Waals surface area contributed by atoms with Gasteiger partial charge in [-0.3, -0.25) is 4.79 Å². The molecule has 1 saturated carbocycles. The highest BCUT2D eigenvalue weighted by Crippen LogP contribution is 2.39. The highest BCUT2D eigenvalue weighted by Gasteiger charge is 2.28. The van der Waals surface area contributed by atoms with Gasteiger partial charge < -0.3 is 15.4 Å². The molecule has 1 aliphatic carbocycles. The first kappa shape index (κ1) is 16.6. The van der Waals surface area contributed by atoms with Crippen molar-refractivity contribution in [3.8, 4) is 11.1 Å². The largest absolute Gasteiger partial charge is 0.477 e. The lowest BCUT2D eigenvalue weighted by molar-refractivity contribution is 0.0695. The number of hydrogen-bond donors (Lipinski definition) is 2. The SMILES string of the molecule is Cc1c(-c2cnc(N)c(Cl)c2)ccc2c(=O)c(C(=O)O)cn(C3CC3)c12. The van der Waals surface area contributed by atoms with Gasteiger partial charge in [0.1, 0.15) is 11.4 Å². The van der Waals surface area contributed by atoms with Crippen LogP contribution in [0.2, 0.25) is 5.02 Å². The van der Waals surface area contributed by atoms with Gasteiger partial charge in [-0.05, 0) is 43.0 Å². The summed E-state index contributed by atoms with van der Waals surface area (Å²) in [5.74, 6) is -0.947. The van der Waals surface area contributed by atoms with Crippen LogP contribution in [0.1, 0.15) is 34.8 Å². The molecule has 3 N–H and O–H groups in total. The summed E-state index contributed by atoms with van der Waals surface area (Å²) < 4.78 is 1.92. The third-order valence-corrected chi connectivity index (χ3v) is 5.10. The minimum absolute atomic E-state index is 0.200. The van der Waals surface area contributed by atoms with Gasteiger partial charge in [-0.2, -0.15) is 0 Å². The molecular formula is C19H16ClN3O3. The Morgan fingerprint density at radius 3 is 2.73 bits per heavy atom. The van der Waals surface area contributed by atoms with Crippen LogP contribution in [0.5, 0.6) is 0 Å². The van der Waals surface area contributed by atoms with Crippen LogP contribution in [-0.2, 0) is 0 Å². The van der Waals surface area contributed by atoms with E-state index in [1.165, 1.54) is 6.20 Å². The maximum atomic E-state index is 12.6. The van der Waals surface area contributed by atoms with Gasteiger partial charge >= 0.3 is 5.97 Å². The van der Waals surface area contributed by atoms with Gasteiger partial charge in [-0.1, -0.05) is 17.7 Å². The molecular weight excluding hydrogens is 354 g/mol. The summed E-state index contributed by atoms with van der Waals surface area (Å²) in [6.07, 6.45) is 5.04. The summed E-state index contributed by atoms with van der Waals surface area (Å²) in [6, 6.07) is 5.43. The number of aromatic nitrogens is 2. The van der Waals surface area contributed by atoms with Gasteiger partial charge in [0.05, 0.1) is 10.5 Å². The smallest absolute Gasteiger partial charge is 0.341 e. The average Bonchev–Trinajstić information content (AvgIpc) is 3.43. The minimum Gasteiger partial charge on any atom is -0.477 e. The number of carboxylic acids is 1. The molecule has 0 aliphatic heterocycles. The van der Waals surface area contributed by atoms with Crippen LogP contribution in [0.3, 0.4) is 0 Å². The standard InChI is InChI=1S/C19H16ClN3O3/c1-9-12(10-6-15(20)18(21)22-7-10)4-5-13-16(9)23(11-2-3-11)8-14(17(13)24)19(25)26/h4-8,11H,2-3H2,1H3,(H2,21,22)(H,25,26). The lowest BCUT2D eigenvalue weighted by Crippen LogP contribution is -2.19.